The highest BCUT2D eigenvalue weighted by Crippen LogP contribution is 2.27. The highest BCUT2D eigenvalue weighted by Gasteiger charge is 2.26. The summed E-state index contributed by atoms with van der Waals surface area (Å²) in [5, 5.41) is 7.16. The number of fused-ring (bicyclic) bond motifs is 1. The number of para-hydroxylation sites is 1. The van der Waals surface area contributed by atoms with E-state index >= 15 is 0 Å². The van der Waals surface area contributed by atoms with Gasteiger partial charge in [-0.2, -0.15) is 5.10 Å². The number of nitrogens with zero attached hydrogens (tertiary/aromatic N) is 4. The molecule has 25 heavy (non-hydrogen) atoms. The average molecular weight is 340 g/mol. The van der Waals surface area contributed by atoms with Gasteiger partial charge < -0.3 is 0 Å². The molecule has 0 spiro atoms. The maximum atomic E-state index is 12.6. The summed E-state index contributed by atoms with van der Waals surface area (Å²) in [4.78, 5) is 33.3. The van der Waals surface area contributed by atoms with Gasteiger partial charge in [-0.25, -0.2) is 14.9 Å². The van der Waals surface area contributed by atoms with Crippen LogP contribution >= 0.6 is 0 Å². The molecule has 1 fully saturated rings. The van der Waals surface area contributed by atoms with E-state index in [1.165, 1.54) is 0 Å². The summed E-state index contributed by atoms with van der Waals surface area (Å²) in [5.74, 6) is 0.675. The number of likely N-dealkylation sites (tertiary alicyclic amines) is 1. The molecule has 1 aromatic carbocycles. The molecule has 3 aromatic rings. The molecule has 0 saturated carbocycles. The summed E-state index contributed by atoms with van der Waals surface area (Å²) in [5.41, 5.74) is 0.413. The number of hydrogen-bond donors (Lipinski definition) is 2. The fraction of sp³-hybridized carbons (Fsp3) is 0.412. The fourth-order valence-electron chi connectivity index (χ4n) is 3.51. The first-order chi connectivity index (χ1) is 12.2. The Kier molecular flexibility index (Phi) is 4.19. The molecule has 4 rings (SSSR count). The summed E-state index contributed by atoms with van der Waals surface area (Å²) < 4.78 is 1.65. The second kappa shape index (κ2) is 6.64. The van der Waals surface area contributed by atoms with Crippen molar-refractivity contribution in [2.24, 2.45) is 0 Å². The van der Waals surface area contributed by atoms with Crippen LogP contribution in [0.1, 0.15) is 31.1 Å². The minimum absolute atomic E-state index is 0.0210. The maximum absolute atomic E-state index is 12.6. The third-order valence-electron chi connectivity index (χ3n) is 4.81. The lowest BCUT2D eigenvalue weighted by molar-refractivity contribution is 0.136. The molecule has 2 N–H and O–H groups in total. The van der Waals surface area contributed by atoms with Crippen LogP contribution in [0.4, 0.5) is 0 Å². The van der Waals surface area contributed by atoms with E-state index in [0.29, 0.717) is 29.8 Å². The van der Waals surface area contributed by atoms with Crippen LogP contribution in [0.5, 0.6) is 0 Å². The molecule has 2 aromatic heterocycles. The van der Waals surface area contributed by atoms with E-state index in [-0.39, 0.29) is 17.3 Å². The Bertz CT molecular complexity index is 988. The smallest absolute Gasteiger partial charge is 0.297 e. The van der Waals surface area contributed by atoms with Crippen molar-refractivity contribution in [1.82, 2.24) is 29.6 Å². The van der Waals surface area contributed by atoms with Crippen molar-refractivity contribution < 1.29 is 0 Å². The van der Waals surface area contributed by atoms with E-state index in [0.717, 1.165) is 25.8 Å². The molecule has 1 aliphatic rings. The zero-order chi connectivity index (χ0) is 17.2. The Morgan fingerprint density at radius 1 is 1.16 bits per heavy atom. The maximum Gasteiger partial charge on any atom is 0.340 e. The Morgan fingerprint density at radius 2 is 2.04 bits per heavy atom. The van der Waals surface area contributed by atoms with E-state index in [9.17, 15) is 9.59 Å². The monoisotopic (exact) mass is 340 g/mol. The molecule has 0 amide bonds. The number of aromatic nitrogens is 5. The summed E-state index contributed by atoms with van der Waals surface area (Å²) in [6.45, 7) is 2.19. The van der Waals surface area contributed by atoms with Gasteiger partial charge >= 0.3 is 5.69 Å². The Balaban J connectivity index is 1.54. The first-order valence-corrected chi connectivity index (χ1v) is 8.55. The molecule has 0 bridgehead atoms. The van der Waals surface area contributed by atoms with Gasteiger partial charge in [-0.1, -0.05) is 18.6 Å². The lowest BCUT2D eigenvalue weighted by Crippen LogP contribution is -2.38. The molecule has 1 aliphatic heterocycles. The largest absolute Gasteiger partial charge is 0.340 e. The van der Waals surface area contributed by atoms with E-state index in [2.05, 4.69) is 25.1 Å². The Labute approximate surface area is 143 Å². The number of piperidine rings is 1. The topological polar surface area (TPSA) is 99.7 Å². The van der Waals surface area contributed by atoms with Crippen LogP contribution in [0.15, 0.2) is 40.2 Å². The van der Waals surface area contributed by atoms with Crippen molar-refractivity contribution in [3.05, 3.63) is 57.3 Å². The summed E-state index contributed by atoms with van der Waals surface area (Å²) >= 11 is 0. The molecule has 0 radical (unpaired) electrons. The third-order valence-corrected chi connectivity index (χ3v) is 4.81. The lowest BCUT2D eigenvalue weighted by Gasteiger charge is -2.34. The number of benzene rings is 1. The molecule has 130 valence electrons. The van der Waals surface area contributed by atoms with Crippen molar-refractivity contribution in [3.8, 4) is 0 Å². The zero-order valence-electron chi connectivity index (χ0n) is 13.8. The standard InChI is InChI=1S/C17H20N6O2/c24-16-12-5-1-2-6-13(12)18-11-23(16)10-9-22-8-4-3-7-14(22)15-19-17(25)21-20-15/h1-2,5-6,11,14H,3-4,7-10H2,(H2,19,20,21,25)/t14-/m1/s1. The van der Waals surface area contributed by atoms with E-state index in [1.54, 1.807) is 17.0 Å². The summed E-state index contributed by atoms with van der Waals surface area (Å²) in [6.07, 6.45) is 4.77. The molecule has 8 nitrogen and oxygen atoms in total. The van der Waals surface area contributed by atoms with Gasteiger partial charge in [0, 0.05) is 13.1 Å². The van der Waals surface area contributed by atoms with E-state index in [4.69, 9.17) is 0 Å². The summed E-state index contributed by atoms with van der Waals surface area (Å²) in [6, 6.07) is 7.46. The average Bonchev–Trinajstić information content (AvgIpc) is 3.08. The van der Waals surface area contributed by atoms with Crippen LogP contribution in [0, 0.1) is 0 Å². The SMILES string of the molecule is O=c1[nH]nc([C@H]2CCCCN2CCn2cnc3ccccc3c2=O)[nH]1. The van der Waals surface area contributed by atoms with Gasteiger partial charge in [0.05, 0.1) is 23.3 Å². The molecular formula is C17H20N6O2. The van der Waals surface area contributed by atoms with Gasteiger partial charge in [-0.05, 0) is 31.5 Å². The predicted molar refractivity (Wildman–Crippen MR) is 93.4 cm³/mol. The Hall–Kier alpha value is -2.74. The minimum Gasteiger partial charge on any atom is -0.297 e. The molecule has 0 aliphatic carbocycles. The number of nitrogens with one attached hydrogen (secondary N) is 2. The number of H-pyrrole nitrogens is 2. The van der Waals surface area contributed by atoms with Gasteiger partial charge in [-0.3, -0.25) is 19.2 Å². The number of hydrogen-bond acceptors (Lipinski definition) is 5. The Morgan fingerprint density at radius 3 is 2.88 bits per heavy atom. The van der Waals surface area contributed by atoms with Gasteiger partial charge in [0.2, 0.25) is 0 Å². The minimum atomic E-state index is -0.282. The summed E-state index contributed by atoms with van der Waals surface area (Å²) in [7, 11) is 0. The van der Waals surface area contributed by atoms with Gasteiger partial charge in [-0.15, -0.1) is 0 Å². The van der Waals surface area contributed by atoms with Crippen molar-refractivity contribution >= 4 is 10.9 Å². The van der Waals surface area contributed by atoms with Crippen LogP contribution in [-0.2, 0) is 6.54 Å². The molecule has 8 heteroatoms. The second-order valence-electron chi connectivity index (χ2n) is 6.37. The zero-order valence-corrected chi connectivity index (χ0v) is 13.8. The second-order valence-corrected chi connectivity index (χ2v) is 6.37. The predicted octanol–water partition coefficient (Wildman–Crippen LogP) is 1.04. The van der Waals surface area contributed by atoms with Crippen molar-refractivity contribution in [2.75, 3.05) is 13.1 Å². The first-order valence-electron chi connectivity index (χ1n) is 8.55. The van der Waals surface area contributed by atoms with E-state index in [1.807, 2.05) is 18.2 Å². The van der Waals surface area contributed by atoms with E-state index < -0.39 is 0 Å². The van der Waals surface area contributed by atoms with Crippen LogP contribution < -0.4 is 11.2 Å². The van der Waals surface area contributed by atoms with Crippen molar-refractivity contribution in [2.45, 2.75) is 31.8 Å². The van der Waals surface area contributed by atoms with Gasteiger partial charge in [0.15, 0.2) is 0 Å². The molecular weight excluding hydrogens is 320 g/mol. The third kappa shape index (κ3) is 3.12. The van der Waals surface area contributed by atoms with Crippen LogP contribution in [-0.4, -0.2) is 42.7 Å². The van der Waals surface area contributed by atoms with Gasteiger partial charge in [0.25, 0.3) is 5.56 Å². The quantitative estimate of drug-likeness (QED) is 0.739. The lowest BCUT2D eigenvalue weighted by atomic mass is 10.0. The highest BCUT2D eigenvalue weighted by molar-refractivity contribution is 5.76. The van der Waals surface area contributed by atoms with Crippen molar-refractivity contribution in [3.63, 3.8) is 0 Å². The van der Waals surface area contributed by atoms with Gasteiger partial charge in [0.1, 0.15) is 5.82 Å². The number of aromatic amines is 2. The molecule has 1 saturated heterocycles. The van der Waals surface area contributed by atoms with Crippen LogP contribution in [0.2, 0.25) is 0 Å². The normalized spacial score (nSPS) is 18.6. The fourth-order valence-corrected chi connectivity index (χ4v) is 3.51. The molecule has 3 heterocycles. The first kappa shape index (κ1) is 15.8. The molecule has 1 atom stereocenters. The van der Waals surface area contributed by atoms with Crippen LogP contribution in [0.25, 0.3) is 10.9 Å². The molecule has 0 unspecified atom stereocenters. The highest BCUT2D eigenvalue weighted by atomic mass is 16.1. The van der Waals surface area contributed by atoms with Crippen molar-refractivity contribution in [1.29, 1.82) is 0 Å². The van der Waals surface area contributed by atoms with Crippen LogP contribution in [0.3, 0.4) is 0 Å². The number of rotatable bonds is 4.